The standard InChI is InChI=1S/C16H10F2INO6/c17-16(18,15(22)23)13(9-4-2-1-3-5-9)26-14(21)11-7-6-10(19)8-12(11)20(24)25/h1-8,13H,(H,22,23). The second-order valence-electron chi connectivity index (χ2n) is 5.04. The minimum Gasteiger partial charge on any atom is -0.477 e. The van der Waals surface area contributed by atoms with Gasteiger partial charge in [-0.15, -0.1) is 0 Å². The van der Waals surface area contributed by atoms with Crippen molar-refractivity contribution >= 4 is 40.2 Å². The van der Waals surface area contributed by atoms with Gasteiger partial charge in [0.25, 0.3) is 5.69 Å². The van der Waals surface area contributed by atoms with Gasteiger partial charge in [0.15, 0.2) is 0 Å². The third kappa shape index (κ3) is 4.12. The Hall–Kier alpha value is -2.63. The second-order valence-corrected chi connectivity index (χ2v) is 6.29. The highest BCUT2D eigenvalue weighted by molar-refractivity contribution is 14.1. The molecule has 136 valence electrons. The number of carboxylic acid groups (broad SMARTS) is 1. The molecule has 0 bridgehead atoms. The average Bonchev–Trinajstić information content (AvgIpc) is 2.59. The van der Waals surface area contributed by atoms with Crippen LogP contribution in [0, 0.1) is 13.7 Å². The minimum absolute atomic E-state index is 0.263. The third-order valence-corrected chi connectivity index (χ3v) is 3.99. The van der Waals surface area contributed by atoms with Gasteiger partial charge in [-0.3, -0.25) is 10.1 Å². The van der Waals surface area contributed by atoms with E-state index in [1.807, 2.05) is 0 Å². The summed E-state index contributed by atoms with van der Waals surface area (Å²) < 4.78 is 33.3. The zero-order valence-electron chi connectivity index (χ0n) is 12.8. The van der Waals surface area contributed by atoms with Crippen LogP contribution < -0.4 is 0 Å². The smallest absolute Gasteiger partial charge is 0.382 e. The molecule has 7 nitrogen and oxygen atoms in total. The average molecular weight is 477 g/mol. The van der Waals surface area contributed by atoms with Gasteiger partial charge in [0.1, 0.15) is 5.56 Å². The number of rotatable bonds is 6. The van der Waals surface area contributed by atoms with Gasteiger partial charge in [-0.1, -0.05) is 30.3 Å². The molecule has 0 spiro atoms. The Morgan fingerprint density at radius 1 is 1.19 bits per heavy atom. The predicted octanol–water partition coefficient (Wildman–Crippen LogP) is 3.82. The zero-order chi connectivity index (χ0) is 19.5. The molecule has 0 aliphatic carbocycles. The molecule has 0 fully saturated rings. The van der Waals surface area contributed by atoms with E-state index in [9.17, 15) is 28.5 Å². The molecule has 26 heavy (non-hydrogen) atoms. The molecular formula is C16H10F2INO6. The first-order valence-electron chi connectivity index (χ1n) is 6.95. The maximum atomic E-state index is 14.1. The van der Waals surface area contributed by atoms with Crippen LogP contribution in [0.1, 0.15) is 22.0 Å². The predicted molar refractivity (Wildman–Crippen MR) is 93.0 cm³/mol. The Morgan fingerprint density at radius 2 is 1.81 bits per heavy atom. The molecule has 2 aromatic rings. The lowest BCUT2D eigenvalue weighted by molar-refractivity contribution is -0.385. The topological polar surface area (TPSA) is 107 Å². The van der Waals surface area contributed by atoms with Crippen molar-refractivity contribution in [2.24, 2.45) is 0 Å². The number of hydrogen-bond donors (Lipinski definition) is 1. The molecule has 0 saturated heterocycles. The largest absolute Gasteiger partial charge is 0.477 e. The van der Waals surface area contributed by atoms with Crippen LogP contribution in [0.4, 0.5) is 14.5 Å². The van der Waals surface area contributed by atoms with Gasteiger partial charge in [0, 0.05) is 9.64 Å². The van der Waals surface area contributed by atoms with E-state index < -0.39 is 40.1 Å². The van der Waals surface area contributed by atoms with Crippen LogP contribution in [0.3, 0.4) is 0 Å². The fourth-order valence-corrected chi connectivity index (χ4v) is 2.57. The zero-order valence-corrected chi connectivity index (χ0v) is 14.9. The fraction of sp³-hybridized carbons (Fsp3) is 0.125. The summed E-state index contributed by atoms with van der Waals surface area (Å²) >= 11 is 1.78. The number of alkyl halides is 2. The third-order valence-electron chi connectivity index (χ3n) is 3.32. The Morgan fingerprint density at radius 3 is 2.35 bits per heavy atom. The number of benzene rings is 2. The number of nitro benzene ring substituents is 1. The summed E-state index contributed by atoms with van der Waals surface area (Å²) in [6.45, 7) is 0. The molecule has 0 aromatic heterocycles. The fourth-order valence-electron chi connectivity index (χ4n) is 2.09. The van der Waals surface area contributed by atoms with Crippen molar-refractivity contribution < 1.29 is 33.1 Å². The highest BCUT2D eigenvalue weighted by Gasteiger charge is 2.51. The van der Waals surface area contributed by atoms with Crippen LogP contribution in [0.25, 0.3) is 0 Å². The normalized spacial score (nSPS) is 12.3. The number of carbonyl (C=O) groups is 2. The number of nitrogens with zero attached hydrogens (tertiary/aromatic N) is 1. The Kier molecular flexibility index (Phi) is 5.85. The van der Waals surface area contributed by atoms with E-state index in [-0.39, 0.29) is 5.56 Å². The molecule has 0 heterocycles. The van der Waals surface area contributed by atoms with Gasteiger partial charge in [-0.2, -0.15) is 8.78 Å². The molecule has 1 atom stereocenters. The first-order valence-corrected chi connectivity index (χ1v) is 8.03. The van der Waals surface area contributed by atoms with E-state index in [1.165, 1.54) is 24.3 Å². The van der Waals surface area contributed by atoms with Crippen LogP contribution in [0.2, 0.25) is 0 Å². The monoisotopic (exact) mass is 477 g/mol. The van der Waals surface area contributed by atoms with Crippen molar-refractivity contribution in [2.75, 3.05) is 0 Å². The van der Waals surface area contributed by atoms with Crippen molar-refractivity contribution in [2.45, 2.75) is 12.0 Å². The van der Waals surface area contributed by atoms with Crippen LogP contribution in [-0.4, -0.2) is 27.9 Å². The van der Waals surface area contributed by atoms with Gasteiger partial charge in [0.05, 0.1) is 4.92 Å². The highest BCUT2D eigenvalue weighted by atomic mass is 127. The van der Waals surface area contributed by atoms with Crippen LogP contribution in [0.15, 0.2) is 48.5 Å². The number of carbonyl (C=O) groups excluding carboxylic acids is 1. The Bertz CT molecular complexity index is 859. The summed E-state index contributed by atoms with van der Waals surface area (Å²) in [7, 11) is 0. The van der Waals surface area contributed by atoms with Crippen LogP contribution in [0.5, 0.6) is 0 Å². The van der Waals surface area contributed by atoms with Crippen molar-refractivity contribution in [3.05, 3.63) is 73.3 Å². The van der Waals surface area contributed by atoms with Crippen LogP contribution >= 0.6 is 22.6 Å². The number of hydrogen-bond acceptors (Lipinski definition) is 5. The maximum absolute atomic E-state index is 14.1. The highest BCUT2D eigenvalue weighted by Crippen LogP contribution is 2.36. The van der Waals surface area contributed by atoms with Crippen LogP contribution in [-0.2, 0) is 9.53 Å². The summed E-state index contributed by atoms with van der Waals surface area (Å²) in [6, 6.07) is 10.0. The van der Waals surface area contributed by atoms with E-state index in [1.54, 1.807) is 22.6 Å². The van der Waals surface area contributed by atoms with Crippen molar-refractivity contribution in [1.82, 2.24) is 0 Å². The van der Waals surface area contributed by atoms with Gasteiger partial charge in [-0.05, 0) is 40.3 Å². The molecular weight excluding hydrogens is 467 g/mol. The first kappa shape index (κ1) is 19.7. The van der Waals surface area contributed by atoms with Crippen molar-refractivity contribution in [1.29, 1.82) is 0 Å². The maximum Gasteiger partial charge on any atom is 0.382 e. The molecule has 0 aliphatic rings. The SMILES string of the molecule is O=C(OC(c1ccccc1)C(F)(F)C(=O)O)c1ccc(I)cc1[N+](=O)[O-]. The Balaban J connectivity index is 2.45. The molecule has 0 aliphatic heterocycles. The van der Waals surface area contributed by atoms with Gasteiger partial charge >= 0.3 is 17.9 Å². The molecule has 2 rings (SSSR count). The lowest BCUT2D eigenvalue weighted by atomic mass is 10.0. The quantitative estimate of drug-likeness (QED) is 0.294. The molecule has 2 aromatic carbocycles. The molecule has 1 unspecified atom stereocenters. The van der Waals surface area contributed by atoms with Crippen molar-refractivity contribution in [3.8, 4) is 0 Å². The lowest BCUT2D eigenvalue weighted by Gasteiger charge is -2.23. The molecule has 0 saturated carbocycles. The van der Waals surface area contributed by atoms with E-state index in [0.29, 0.717) is 3.57 Å². The number of nitro groups is 1. The summed E-state index contributed by atoms with van der Waals surface area (Å²) in [5, 5.41) is 19.9. The second kappa shape index (κ2) is 7.72. The number of esters is 1. The number of ether oxygens (including phenoxy) is 1. The van der Waals surface area contributed by atoms with E-state index in [2.05, 4.69) is 0 Å². The number of halogens is 3. The van der Waals surface area contributed by atoms with E-state index in [0.717, 1.165) is 24.3 Å². The lowest BCUT2D eigenvalue weighted by Crippen LogP contribution is -2.38. The van der Waals surface area contributed by atoms with Gasteiger partial charge in [-0.25, -0.2) is 9.59 Å². The Labute approximate surface area is 158 Å². The number of aliphatic carboxylic acids is 1. The first-order chi connectivity index (χ1) is 12.1. The summed E-state index contributed by atoms with van der Waals surface area (Å²) in [5.41, 5.74) is -1.45. The minimum atomic E-state index is -4.44. The summed E-state index contributed by atoms with van der Waals surface area (Å²) in [4.78, 5) is 33.4. The molecule has 0 amide bonds. The molecule has 0 radical (unpaired) electrons. The molecule has 1 N–H and O–H groups in total. The summed E-state index contributed by atoms with van der Waals surface area (Å²) in [5.74, 6) is -8.35. The molecule has 10 heteroatoms. The van der Waals surface area contributed by atoms with Crippen molar-refractivity contribution in [3.63, 3.8) is 0 Å². The summed E-state index contributed by atoms with van der Waals surface area (Å²) in [6.07, 6.45) is -2.45. The van der Waals surface area contributed by atoms with E-state index >= 15 is 0 Å². The van der Waals surface area contributed by atoms with Gasteiger partial charge in [0.2, 0.25) is 6.10 Å². The van der Waals surface area contributed by atoms with Gasteiger partial charge < -0.3 is 9.84 Å². The number of carboxylic acids is 1. The van der Waals surface area contributed by atoms with E-state index in [4.69, 9.17) is 9.84 Å².